The molecule has 5 nitrogen and oxygen atoms in total. The van der Waals surface area contributed by atoms with Crippen LogP contribution in [0.3, 0.4) is 0 Å². The van der Waals surface area contributed by atoms with Crippen molar-refractivity contribution in [3.8, 4) is 0 Å². The van der Waals surface area contributed by atoms with Gasteiger partial charge in [-0.05, 0) is 38.2 Å². The maximum absolute atomic E-state index is 12.5. The minimum atomic E-state index is -3.28. The second-order valence-corrected chi connectivity index (χ2v) is 7.17. The zero-order valence-electron chi connectivity index (χ0n) is 12.5. The molecule has 0 fully saturated rings. The first-order valence-electron chi connectivity index (χ1n) is 6.82. The van der Waals surface area contributed by atoms with Gasteiger partial charge >= 0.3 is 0 Å². The Morgan fingerprint density at radius 2 is 1.65 bits per heavy atom. The van der Waals surface area contributed by atoms with E-state index in [1.165, 1.54) is 0 Å². The van der Waals surface area contributed by atoms with Gasteiger partial charge in [0.1, 0.15) is 0 Å². The van der Waals surface area contributed by atoms with Crippen molar-refractivity contribution in [3.63, 3.8) is 0 Å². The van der Waals surface area contributed by atoms with Gasteiger partial charge in [-0.3, -0.25) is 0 Å². The summed E-state index contributed by atoms with van der Waals surface area (Å²) in [6, 6.07) is 7.00. The summed E-state index contributed by atoms with van der Waals surface area (Å²) in [4.78, 5) is 1.99. The molecule has 0 spiro atoms. The normalized spacial score (nSPS) is 12.2. The SMILES string of the molecule is CCCN(CCN(C)C)S(=O)(=O)Cc1ccc(N)cc1. The summed E-state index contributed by atoms with van der Waals surface area (Å²) < 4.78 is 26.5. The van der Waals surface area contributed by atoms with Gasteiger partial charge in [0.2, 0.25) is 10.0 Å². The van der Waals surface area contributed by atoms with E-state index in [9.17, 15) is 8.42 Å². The van der Waals surface area contributed by atoms with Crippen LogP contribution in [0.15, 0.2) is 24.3 Å². The molecule has 0 aliphatic carbocycles. The quantitative estimate of drug-likeness (QED) is 0.736. The number of nitrogens with zero attached hydrogens (tertiary/aromatic N) is 2. The van der Waals surface area contributed by atoms with Crippen molar-refractivity contribution in [3.05, 3.63) is 29.8 Å². The lowest BCUT2D eigenvalue weighted by atomic mass is 10.2. The van der Waals surface area contributed by atoms with Crippen LogP contribution in [0.5, 0.6) is 0 Å². The molecule has 0 aliphatic heterocycles. The number of sulfonamides is 1. The Morgan fingerprint density at radius 3 is 2.15 bits per heavy atom. The van der Waals surface area contributed by atoms with Crippen molar-refractivity contribution in [2.45, 2.75) is 19.1 Å². The highest BCUT2D eigenvalue weighted by Gasteiger charge is 2.21. The largest absolute Gasteiger partial charge is 0.399 e. The summed E-state index contributed by atoms with van der Waals surface area (Å²) in [7, 11) is 0.602. The first-order chi connectivity index (χ1) is 9.35. The molecule has 114 valence electrons. The highest BCUT2D eigenvalue weighted by molar-refractivity contribution is 7.88. The van der Waals surface area contributed by atoms with Crippen LogP contribution in [0.2, 0.25) is 0 Å². The molecular weight excluding hydrogens is 274 g/mol. The smallest absolute Gasteiger partial charge is 0.218 e. The maximum atomic E-state index is 12.5. The molecule has 20 heavy (non-hydrogen) atoms. The minimum absolute atomic E-state index is 0.0285. The lowest BCUT2D eigenvalue weighted by molar-refractivity contribution is 0.332. The number of nitrogen functional groups attached to an aromatic ring is 1. The van der Waals surface area contributed by atoms with Crippen LogP contribution in [0.1, 0.15) is 18.9 Å². The predicted octanol–water partition coefficient (Wildman–Crippen LogP) is 1.37. The Balaban J connectivity index is 2.78. The van der Waals surface area contributed by atoms with Crippen molar-refractivity contribution in [1.82, 2.24) is 9.21 Å². The van der Waals surface area contributed by atoms with Crippen LogP contribution < -0.4 is 5.73 Å². The first kappa shape index (κ1) is 16.9. The third-order valence-corrected chi connectivity index (χ3v) is 4.84. The van der Waals surface area contributed by atoms with Gasteiger partial charge in [-0.2, -0.15) is 0 Å². The van der Waals surface area contributed by atoms with Crippen molar-refractivity contribution in [1.29, 1.82) is 0 Å². The molecule has 0 radical (unpaired) electrons. The topological polar surface area (TPSA) is 66.6 Å². The molecule has 0 saturated carbocycles. The fourth-order valence-corrected chi connectivity index (χ4v) is 3.48. The highest BCUT2D eigenvalue weighted by atomic mass is 32.2. The standard InChI is InChI=1S/C14H25N3O2S/c1-4-9-17(11-10-16(2)3)20(18,19)12-13-5-7-14(15)8-6-13/h5-8H,4,9-12,15H2,1-3H3. The van der Waals surface area contributed by atoms with Crippen molar-refractivity contribution in [2.75, 3.05) is 39.5 Å². The van der Waals surface area contributed by atoms with Gasteiger partial charge in [-0.1, -0.05) is 19.1 Å². The van der Waals surface area contributed by atoms with E-state index in [4.69, 9.17) is 5.73 Å². The van der Waals surface area contributed by atoms with E-state index in [-0.39, 0.29) is 5.75 Å². The number of benzene rings is 1. The molecule has 1 aromatic rings. The first-order valence-corrected chi connectivity index (χ1v) is 8.43. The number of likely N-dealkylation sites (N-methyl/N-ethyl adjacent to an activating group) is 1. The van der Waals surface area contributed by atoms with Gasteiger partial charge < -0.3 is 10.6 Å². The Kier molecular flexibility index (Phi) is 6.45. The molecule has 0 heterocycles. The number of anilines is 1. The summed E-state index contributed by atoms with van der Waals surface area (Å²) in [6.07, 6.45) is 0.814. The van der Waals surface area contributed by atoms with Crippen LogP contribution in [-0.2, 0) is 15.8 Å². The molecule has 1 aromatic carbocycles. The Hall–Kier alpha value is -1.11. The Morgan fingerprint density at radius 1 is 1.05 bits per heavy atom. The van der Waals surface area contributed by atoms with Gasteiger partial charge in [0.25, 0.3) is 0 Å². The fourth-order valence-electron chi connectivity index (χ4n) is 1.87. The van der Waals surface area contributed by atoms with Crippen molar-refractivity contribution < 1.29 is 8.42 Å². The zero-order chi connectivity index (χ0) is 15.2. The number of rotatable bonds is 8. The second-order valence-electron chi connectivity index (χ2n) is 5.20. The van der Waals surface area contributed by atoms with E-state index >= 15 is 0 Å². The highest BCUT2D eigenvalue weighted by Crippen LogP contribution is 2.13. The average molecular weight is 299 g/mol. The minimum Gasteiger partial charge on any atom is -0.399 e. The molecule has 0 unspecified atom stereocenters. The van der Waals surface area contributed by atoms with Crippen molar-refractivity contribution in [2.24, 2.45) is 0 Å². The second kappa shape index (κ2) is 7.61. The maximum Gasteiger partial charge on any atom is 0.218 e. The van der Waals surface area contributed by atoms with Crippen LogP contribution in [0.4, 0.5) is 5.69 Å². The summed E-state index contributed by atoms with van der Waals surface area (Å²) >= 11 is 0. The van der Waals surface area contributed by atoms with Gasteiger partial charge in [0, 0.05) is 25.3 Å². The Bertz CT molecular complexity index is 498. The fraction of sp³-hybridized carbons (Fsp3) is 0.571. The van der Waals surface area contributed by atoms with Gasteiger partial charge in [0.05, 0.1) is 5.75 Å². The predicted molar refractivity (Wildman–Crippen MR) is 83.9 cm³/mol. The summed E-state index contributed by atoms with van der Waals surface area (Å²) in [6.45, 7) is 3.80. The molecule has 1 rings (SSSR count). The molecule has 2 N–H and O–H groups in total. The van der Waals surface area contributed by atoms with E-state index in [1.54, 1.807) is 28.6 Å². The van der Waals surface area contributed by atoms with E-state index in [1.807, 2.05) is 25.9 Å². The molecular formula is C14H25N3O2S. The summed E-state index contributed by atoms with van der Waals surface area (Å²) in [5, 5.41) is 0. The summed E-state index contributed by atoms with van der Waals surface area (Å²) in [5.74, 6) is 0.0285. The van der Waals surface area contributed by atoms with E-state index in [0.29, 0.717) is 18.8 Å². The molecule has 0 bridgehead atoms. The Labute approximate surface area is 122 Å². The molecule has 0 atom stereocenters. The van der Waals surface area contributed by atoms with Crippen LogP contribution in [0.25, 0.3) is 0 Å². The monoisotopic (exact) mass is 299 g/mol. The molecule has 0 amide bonds. The van der Waals surface area contributed by atoms with Crippen molar-refractivity contribution >= 4 is 15.7 Å². The summed E-state index contributed by atoms with van der Waals surface area (Å²) in [5.41, 5.74) is 7.02. The van der Waals surface area contributed by atoms with E-state index < -0.39 is 10.0 Å². The van der Waals surface area contributed by atoms with Gasteiger partial charge in [-0.25, -0.2) is 12.7 Å². The molecule has 0 saturated heterocycles. The number of hydrogen-bond donors (Lipinski definition) is 1. The average Bonchev–Trinajstić information content (AvgIpc) is 2.36. The lowest BCUT2D eigenvalue weighted by Gasteiger charge is -2.23. The van der Waals surface area contributed by atoms with E-state index in [2.05, 4.69) is 0 Å². The third kappa shape index (κ3) is 5.48. The third-order valence-electron chi connectivity index (χ3n) is 2.99. The molecule has 6 heteroatoms. The number of hydrogen-bond acceptors (Lipinski definition) is 4. The lowest BCUT2D eigenvalue weighted by Crippen LogP contribution is -2.37. The van der Waals surface area contributed by atoms with Gasteiger partial charge in [-0.15, -0.1) is 0 Å². The van der Waals surface area contributed by atoms with E-state index in [0.717, 1.165) is 18.5 Å². The van der Waals surface area contributed by atoms with Crippen LogP contribution in [-0.4, -0.2) is 51.4 Å². The van der Waals surface area contributed by atoms with Gasteiger partial charge in [0.15, 0.2) is 0 Å². The zero-order valence-corrected chi connectivity index (χ0v) is 13.4. The molecule has 0 aromatic heterocycles. The number of nitrogens with two attached hydrogens (primary N) is 1. The molecule has 0 aliphatic rings. The van der Waals surface area contributed by atoms with Crippen LogP contribution >= 0.6 is 0 Å². The van der Waals surface area contributed by atoms with Crippen LogP contribution in [0, 0.1) is 0 Å².